The summed E-state index contributed by atoms with van der Waals surface area (Å²) >= 11 is 3.22. The number of hydrogen-bond acceptors (Lipinski definition) is 4. The molecule has 0 saturated carbocycles. The second-order valence-corrected chi connectivity index (χ2v) is 5.03. The summed E-state index contributed by atoms with van der Waals surface area (Å²) in [7, 11) is 0. The van der Waals surface area contributed by atoms with E-state index >= 15 is 0 Å². The number of pyridine rings is 1. The van der Waals surface area contributed by atoms with Crippen LogP contribution >= 0.6 is 15.9 Å². The Bertz CT molecular complexity index is 405. The van der Waals surface area contributed by atoms with Crippen LogP contribution in [0.15, 0.2) is 22.8 Å². The number of halogens is 5. The summed E-state index contributed by atoms with van der Waals surface area (Å²) in [6, 6.07) is 2.99. The molecule has 1 aromatic heterocycles. The lowest BCUT2D eigenvalue weighted by Gasteiger charge is -2.19. The fourth-order valence-electron chi connectivity index (χ4n) is 1.35. The van der Waals surface area contributed by atoms with Gasteiger partial charge in [-0.2, -0.15) is 8.78 Å². The zero-order chi connectivity index (χ0) is 15.2. The van der Waals surface area contributed by atoms with E-state index in [0.29, 0.717) is 12.1 Å². The molecule has 1 atom stereocenters. The highest BCUT2D eigenvalue weighted by Gasteiger charge is 2.41. The molecular formula is C11H14BrF4N3O. The van der Waals surface area contributed by atoms with E-state index < -0.39 is 25.0 Å². The molecule has 0 aliphatic heterocycles. The molecule has 0 amide bonds. The maximum atomic E-state index is 12.6. The Balaban J connectivity index is 2.42. The van der Waals surface area contributed by atoms with Crippen molar-refractivity contribution in [3.63, 3.8) is 0 Å². The van der Waals surface area contributed by atoms with Crippen molar-refractivity contribution in [3.8, 4) is 0 Å². The minimum absolute atomic E-state index is 0.226. The zero-order valence-corrected chi connectivity index (χ0v) is 11.9. The molecule has 1 aromatic rings. The van der Waals surface area contributed by atoms with Gasteiger partial charge in [0.15, 0.2) is 0 Å². The molecule has 1 rings (SSSR count). The Morgan fingerprint density at radius 3 is 2.60 bits per heavy atom. The lowest BCUT2D eigenvalue weighted by Crippen LogP contribution is -2.42. The SMILES string of the molecule is NNC(COCC(F)(F)C(F)F)Cc1ccc(Br)cn1. The van der Waals surface area contributed by atoms with Crippen molar-refractivity contribution in [2.45, 2.75) is 24.8 Å². The van der Waals surface area contributed by atoms with Crippen LogP contribution in [-0.4, -0.2) is 36.6 Å². The van der Waals surface area contributed by atoms with Gasteiger partial charge in [0.1, 0.15) is 6.61 Å². The Morgan fingerprint density at radius 1 is 1.40 bits per heavy atom. The molecule has 0 radical (unpaired) electrons. The molecule has 9 heteroatoms. The first-order chi connectivity index (χ1) is 9.35. The van der Waals surface area contributed by atoms with Gasteiger partial charge in [-0.05, 0) is 28.1 Å². The van der Waals surface area contributed by atoms with E-state index in [-0.39, 0.29) is 6.61 Å². The quantitative estimate of drug-likeness (QED) is 0.424. The normalized spacial score (nSPS) is 13.8. The second-order valence-electron chi connectivity index (χ2n) is 4.11. The number of ether oxygens (including phenoxy) is 1. The van der Waals surface area contributed by atoms with Gasteiger partial charge in [-0.15, -0.1) is 0 Å². The predicted octanol–water partition coefficient (Wildman–Crippen LogP) is 2.14. The predicted molar refractivity (Wildman–Crippen MR) is 68.5 cm³/mol. The van der Waals surface area contributed by atoms with Gasteiger partial charge in [0.25, 0.3) is 0 Å². The molecule has 0 aliphatic carbocycles. The Kier molecular flexibility index (Phi) is 6.80. The van der Waals surface area contributed by atoms with E-state index in [1.54, 1.807) is 18.3 Å². The molecule has 0 aromatic carbocycles. The number of nitrogens with zero attached hydrogens (tertiary/aromatic N) is 1. The third-order valence-electron chi connectivity index (χ3n) is 2.41. The van der Waals surface area contributed by atoms with Crippen molar-refractivity contribution in [2.24, 2.45) is 5.84 Å². The van der Waals surface area contributed by atoms with Gasteiger partial charge in [0.05, 0.1) is 6.61 Å². The van der Waals surface area contributed by atoms with Crippen LogP contribution in [0.1, 0.15) is 5.69 Å². The lowest BCUT2D eigenvalue weighted by atomic mass is 10.1. The largest absolute Gasteiger partial charge is 0.373 e. The van der Waals surface area contributed by atoms with Crippen LogP contribution in [0, 0.1) is 0 Å². The standard InChI is InChI=1S/C11H14BrF4N3O/c12-7-1-2-8(18-4-7)3-9(19-17)5-20-6-11(15,16)10(13)14/h1-2,4,9-10,19H,3,5-6,17H2. The molecule has 114 valence electrons. The number of nitrogens with two attached hydrogens (primary N) is 1. The molecule has 4 nitrogen and oxygen atoms in total. The molecule has 3 N–H and O–H groups in total. The third kappa shape index (κ3) is 5.70. The summed E-state index contributed by atoms with van der Waals surface area (Å²) in [6.45, 7) is -1.58. The van der Waals surface area contributed by atoms with Crippen molar-refractivity contribution < 1.29 is 22.3 Å². The van der Waals surface area contributed by atoms with Crippen molar-refractivity contribution in [3.05, 3.63) is 28.5 Å². The zero-order valence-electron chi connectivity index (χ0n) is 10.3. The molecule has 0 fully saturated rings. The molecular weight excluding hydrogens is 346 g/mol. The molecule has 1 heterocycles. The number of hydrogen-bond donors (Lipinski definition) is 2. The van der Waals surface area contributed by atoms with E-state index in [9.17, 15) is 17.6 Å². The Morgan fingerprint density at radius 2 is 2.10 bits per heavy atom. The number of alkyl halides is 4. The highest BCUT2D eigenvalue weighted by Crippen LogP contribution is 2.22. The van der Waals surface area contributed by atoms with Gasteiger partial charge in [0.2, 0.25) is 0 Å². The van der Waals surface area contributed by atoms with E-state index in [2.05, 4.69) is 31.1 Å². The van der Waals surface area contributed by atoms with E-state index in [1.807, 2.05) is 0 Å². The van der Waals surface area contributed by atoms with Gasteiger partial charge >= 0.3 is 12.3 Å². The van der Waals surface area contributed by atoms with Crippen LogP contribution in [-0.2, 0) is 11.2 Å². The van der Waals surface area contributed by atoms with Crippen LogP contribution < -0.4 is 11.3 Å². The monoisotopic (exact) mass is 359 g/mol. The van der Waals surface area contributed by atoms with Gasteiger partial charge in [0, 0.05) is 28.8 Å². The van der Waals surface area contributed by atoms with Crippen molar-refractivity contribution in [1.82, 2.24) is 10.4 Å². The number of hydrazine groups is 1. The summed E-state index contributed by atoms with van der Waals surface area (Å²) in [5, 5.41) is 0. The average Bonchev–Trinajstić information content (AvgIpc) is 2.39. The van der Waals surface area contributed by atoms with E-state index in [1.165, 1.54) is 0 Å². The van der Waals surface area contributed by atoms with Crippen molar-refractivity contribution in [2.75, 3.05) is 13.2 Å². The van der Waals surface area contributed by atoms with Gasteiger partial charge in [-0.25, -0.2) is 8.78 Å². The fraction of sp³-hybridized carbons (Fsp3) is 0.545. The molecule has 0 aliphatic rings. The van der Waals surface area contributed by atoms with E-state index in [4.69, 9.17) is 5.84 Å². The summed E-state index contributed by atoms with van der Waals surface area (Å²) in [5.74, 6) is 1.10. The highest BCUT2D eigenvalue weighted by molar-refractivity contribution is 9.10. The van der Waals surface area contributed by atoms with Gasteiger partial charge < -0.3 is 4.74 Å². The third-order valence-corrected chi connectivity index (χ3v) is 2.88. The number of aromatic nitrogens is 1. The molecule has 1 unspecified atom stereocenters. The highest BCUT2D eigenvalue weighted by atomic mass is 79.9. The van der Waals surface area contributed by atoms with Crippen LogP contribution in [0.3, 0.4) is 0 Å². The molecule has 0 saturated heterocycles. The van der Waals surface area contributed by atoms with Crippen molar-refractivity contribution in [1.29, 1.82) is 0 Å². The fourth-order valence-corrected chi connectivity index (χ4v) is 1.58. The first-order valence-electron chi connectivity index (χ1n) is 5.65. The molecule has 20 heavy (non-hydrogen) atoms. The lowest BCUT2D eigenvalue weighted by molar-refractivity contribution is -0.167. The van der Waals surface area contributed by atoms with Crippen molar-refractivity contribution >= 4 is 15.9 Å². The van der Waals surface area contributed by atoms with E-state index in [0.717, 1.165) is 4.47 Å². The Labute approximate surface area is 121 Å². The average molecular weight is 360 g/mol. The first-order valence-corrected chi connectivity index (χ1v) is 6.44. The molecule has 0 bridgehead atoms. The second kappa shape index (κ2) is 7.87. The van der Waals surface area contributed by atoms with Gasteiger partial charge in [-0.1, -0.05) is 0 Å². The van der Waals surface area contributed by atoms with Crippen LogP contribution in [0.2, 0.25) is 0 Å². The Hall–Kier alpha value is -0.770. The number of rotatable bonds is 8. The number of nitrogens with one attached hydrogen (secondary N) is 1. The van der Waals surface area contributed by atoms with Crippen LogP contribution in [0.25, 0.3) is 0 Å². The van der Waals surface area contributed by atoms with Gasteiger partial charge in [-0.3, -0.25) is 16.3 Å². The maximum Gasteiger partial charge on any atom is 0.330 e. The maximum absolute atomic E-state index is 12.6. The topological polar surface area (TPSA) is 60.2 Å². The van der Waals surface area contributed by atoms with Crippen LogP contribution in [0.4, 0.5) is 17.6 Å². The minimum atomic E-state index is -4.16. The first kappa shape index (κ1) is 17.3. The molecule has 0 spiro atoms. The summed E-state index contributed by atoms with van der Waals surface area (Å²) in [6.07, 6.45) is -1.85. The minimum Gasteiger partial charge on any atom is -0.373 e. The summed E-state index contributed by atoms with van der Waals surface area (Å²) in [4.78, 5) is 4.08. The van der Waals surface area contributed by atoms with Crippen LogP contribution in [0.5, 0.6) is 0 Å². The summed E-state index contributed by atoms with van der Waals surface area (Å²) in [5.41, 5.74) is 3.04. The summed E-state index contributed by atoms with van der Waals surface area (Å²) < 4.78 is 54.5. The smallest absolute Gasteiger partial charge is 0.330 e.